The number of nitrogens with two attached hydrogens (primary N) is 1. The van der Waals surface area contributed by atoms with Crippen molar-refractivity contribution < 1.29 is 14.0 Å². The highest BCUT2D eigenvalue weighted by Gasteiger charge is 2.18. The Hall–Kier alpha value is -1.37. The molecule has 0 aliphatic rings. The minimum atomic E-state index is -0.698. The summed E-state index contributed by atoms with van der Waals surface area (Å²) >= 11 is 11.6. The van der Waals surface area contributed by atoms with Crippen LogP contribution >= 0.6 is 23.2 Å². The molecule has 0 fully saturated rings. The van der Waals surface area contributed by atoms with Crippen molar-refractivity contribution in [3.8, 4) is 0 Å². The molecule has 2 amide bonds. The summed E-state index contributed by atoms with van der Waals surface area (Å²) in [6.07, 6.45) is 0. The molecule has 0 saturated carbocycles. The maximum atomic E-state index is 13.0. The Labute approximate surface area is 132 Å². The van der Waals surface area contributed by atoms with Gasteiger partial charge in [0.2, 0.25) is 11.8 Å². The van der Waals surface area contributed by atoms with Crippen molar-refractivity contribution in [2.45, 2.75) is 19.9 Å². The molecule has 0 aliphatic carbocycles. The molecule has 0 bridgehead atoms. The van der Waals surface area contributed by atoms with E-state index in [1.54, 1.807) is 13.8 Å². The summed E-state index contributed by atoms with van der Waals surface area (Å²) in [4.78, 5) is 23.3. The van der Waals surface area contributed by atoms with E-state index in [4.69, 9.17) is 28.9 Å². The molecule has 1 aromatic carbocycles. The molecule has 1 atom stereocenters. The molecule has 1 rings (SSSR count). The van der Waals surface area contributed by atoms with Gasteiger partial charge in [0.05, 0.1) is 28.3 Å². The van der Waals surface area contributed by atoms with Gasteiger partial charge in [0, 0.05) is 0 Å². The molecule has 0 unspecified atom stereocenters. The predicted molar refractivity (Wildman–Crippen MR) is 80.9 cm³/mol. The second kappa shape index (κ2) is 7.59. The first-order valence-corrected chi connectivity index (χ1v) is 6.95. The molecule has 0 aliphatic heterocycles. The lowest BCUT2D eigenvalue weighted by atomic mass is 10.1. The number of amides is 2. The molecule has 1 aromatic rings. The van der Waals surface area contributed by atoms with Crippen LogP contribution in [0.3, 0.4) is 0 Å². The lowest BCUT2D eigenvalue weighted by Crippen LogP contribution is -2.46. The number of carbonyl (C=O) groups excluding carboxylic acids is 2. The third-order valence-electron chi connectivity index (χ3n) is 2.72. The Morgan fingerprint density at radius 1 is 1.29 bits per heavy atom. The normalized spacial score (nSPS) is 12.1. The van der Waals surface area contributed by atoms with Crippen LogP contribution in [0.25, 0.3) is 0 Å². The van der Waals surface area contributed by atoms with E-state index in [0.717, 1.165) is 12.1 Å². The zero-order valence-corrected chi connectivity index (χ0v) is 13.1. The van der Waals surface area contributed by atoms with Crippen molar-refractivity contribution >= 4 is 40.7 Å². The molecule has 5 nitrogen and oxygen atoms in total. The van der Waals surface area contributed by atoms with Crippen molar-refractivity contribution in [1.82, 2.24) is 5.32 Å². The van der Waals surface area contributed by atoms with Gasteiger partial charge in [-0.1, -0.05) is 37.0 Å². The van der Waals surface area contributed by atoms with Gasteiger partial charge in [-0.2, -0.15) is 0 Å². The third kappa shape index (κ3) is 5.15. The van der Waals surface area contributed by atoms with Gasteiger partial charge in [-0.3, -0.25) is 9.59 Å². The quantitative estimate of drug-likeness (QED) is 0.770. The van der Waals surface area contributed by atoms with Gasteiger partial charge < -0.3 is 16.4 Å². The van der Waals surface area contributed by atoms with E-state index in [9.17, 15) is 14.0 Å². The Balaban J connectivity index is 2.61. The van der Waals surface area contributed by atoms with Crippen LogP contribution < -0.4 is 16.4 Å². The molecule has 8 heteroatoms. The number of carbonyl (C=O) groups is 2. The van der Waals surface area contributed by atoms with Gasteiger partial charge in [-0.25, -0.2) is 4.39 Å². The Kier molecular flexibility index (Phi) is 6.39. The topological polar surface area (TPSA) is 84.2 Å². The summed E-state index contributed by atoms with van der Waals surface area (Å²) in [5.74, 6) is -1.64. The molecule has 0 heterocycles. The van der Waals surface area contributed by atoms with E-state index in [1.165, 1.54) is 0 Å². The molecule has 116 valence electrons. The molecule has 4 N–H and O–H groups in total. The van der Waals surface area contributed by atoms with Crippen molar-refractivity contribution in [3.63, 3.8) is 0 Å². The molecule has 0 saturated heterocycles. The van der Waals surface area contributed by atoms with Crippen LogP contribution in [0.2, 0.25) is 10.0 Å². The number of nitrogens with one attached hydrogen (secondary N) is 2. The van der Waals surface area contributed by atoms with Crippen molar-refractivity contribution in [2.24, 2.45) is 11.7 Å². The first-order valence-electron chi connectivity index (χ1n) is 6.20. The van der Waals surface area contributed by atoms with E-state index >= 15 is 0 Å². The largest absolute Gasteiger partial charge is 0.346 e. The van der Waals surface area contributed by atoms with Crippen LogP contribution in [0.1, 0.15) is 13.8 Å². The number of benzene rings is 1. The van der Waals surface area contributed by atoms with Gasteiger partial charge in [-0.15, -0.1) is 0 Å². The lowest BCUT2D eigenvalue weighted by molar-refractivity contribution is -0.125. The van der Waals surface area contributed by atoms with Crippen LogP contribution in [-0.4, -0.2) is 24.4 Å². The second-order valence-corrected chi connectivity index (χ2v) is 5.59. The standard InChI is InChI=1S/C13H16Cl2FN3O2/c1-6(2)11(17)13(21)18-5-10(20)19-12-8(14)3-7(16)4-9(12)15/h3-4,6,11H,5,17H2,1-2H3,(H,18,21)(H,19,20)/t11-/m0/s1. The van der Waals surface area contributed by atoms with E-state index in [-0.39, 0.29) is 28.2 Å². The van der Waals surface area contributed by atoms with Crippen molar-refractivity contribution in [1.29, 1.82) is 0 Å². The molecule has 21 heavy (non-hydrogen) atoms. The SMILES string of the molecule is CC(C)[C@H](N)C(=O)NCC(=O)Nc1c(Cl)cc(F)cc1Cl. The highest BCUT2D eigenvalue weighted by molar-refractivity contribution is 6.39. The summed E-state index contributed by atoms with van der Waals surface area (Å²) < 4.78 is 13.0. The minimum absolute atomic E-state index is 0.0291. The fourth-order valence-corrected chi connectivity index (χ4v) is 1.99. The van der Waals surface area contributed by atoms with Crippen LogP contribution in [-0.2, 0) is 9.59 Å². The summed E-state index contributed by atoms with van der Waals surface area (Å²) in [5, 5.41) is 4.74. The van der Waals surface area contributed by atoms with E-state index in [2.05, 4.69) is 10.6 Å². The number of anilines is 1. The molecular formula is C13H16Cl2FN3O2. The monoisotopic (exact) mass is 335 g/mol. The van der Waals surface area contributed by atoms with Crippen LogP contribution in [0, 0.1) is 11.7 Å². The zero-order valence-electron chi connectivity index (χ0n) is 11.5. The van der Waals surface area contributed by atoms with Crippen LogP contribution in [0.5, 0.6) is 0 Å². The molecular weight excluding hydrogens is 320 g/mol. The summed E-state index contributed by atoms with van der Waals surface area (Å²) in [6, 6.07) is 1.35. The summed E-state index contributed by atoms with van der Waals surface area (Å²) in [5.41, 5.74) is 5.73. The third-order valence-corrected chi connectivity index (χ3v) is 3.31. The van der Waals surface area contributed by atoms with Crippen molar-refractivity contribution in [3.05, 3.63) is 28.0 Å². The number of halogens is 3. The van der Waals surface area contributed by atoms with E-state index in [0.29, 0.717) is 0 Å². The predicted octanol–water partition coefficient (Wildman–Crippen LogP) is 2.17. The number of hydrogen-bond acceptors (Lipinski definition) is 3. The van der Waals surface area contributed by atoms with Crippen LogP contribution in [0.15, 0.2) is 12.1 Å². The van der Waals surface area contributed by atoms with Crippen LogP contribution in [0.4, 0.5) is 10.1 Å². The summed E-state index contributed by atoms with van der Waals surface area (Å²) in [7, 11) is 0. The maximum absolute atomic E-state index is 13.0. The first-order chi connectivity index (χ1) is 9.72. The molecule has 0 spiro atoms. The average molecular weight is 336 g/mol. The second-order valence-electron chi connectivity index (χ2n) is 4.78. The average Bonchev–Trinajstić information content (AvgIpc) is 2.39. The molecule has 0 aromatic heterocycles. The van der Waals surface area contributed by atoms with E-state index < -0.39 is 23.7 Å². The summed E-state index contributed by atoms with van der Waals surface area (Å²) in [6.45, 7) is 3.30. The fraction of sp³-hybridized carbons (Fsp3) is 0.385. The van der Waals surface area contributed by atoms with Gasteiger partial charge in [-0.05, 0) is 18.1 Å². The number of hydrogen-bond donors (Lipinski definition) is 3. The highest BCUT2D eigenvalue weighted by atomic mass is 35.5. The van der Waals surface area contributed by atoms with Gasteiger partial charge in [0.15, 0.2) is 0 Å². The first kappa shape index (κ1) is 17.7. The van der Waals surface area contributed by atoms with Gasteiger partial charge >= 0.3 is 0 Å². The van der Waals surface area contributed by atoms with Crippen molar-refractivity contribution in [2.75, 3.05) is 11.9 Å². The number of rotatable bonds is 5. The Morgan fingerprint density at radius 2 is 1.81 bits per heavy atom. The van der Waals surface area contributed by atoms with E-state index in [1.807, 2.05) is 0 Å². The Morgan fingerprint density at radius 3 is 2.29 bits per heavy atom. The van der Waals surface area contributed by atoms with Gasteiger partial charge in [0.25, 0.3) is 0 Å². The highest BCUT2D eigenvalue weighted by Crippen LogP contribution is 2.31. The maximum Gasteiger partial charge on any atom is 0.243 e. The lowest BCUT2D eigenvalue weighted by Gasteiger charge is -2.15. The zero-order chi connectivity index (χ0) is 16.2. The fourth-order valence-electron chi connectivity index (χ4n) is 1.43. The minimum Gasteiger partial charge on any atom is -0.346 e. The molecule has 0 radical (unpaired) electrons. The Bertz CT molecular complexity index is 529. The smallest absolute Gasteiger partial charge is 0.243 e. The van der Waals surface area contributed by atoms with Gasteiger partial charge in [0.1, 0.15) is 5.82 Å².